The summed E-state index contributed by atoms with van der Waals surface area (Å²) in [7, 11) is 0. The Bertz CT molecular complexity index is 688. The van der Waals surface area contributed by atoms with Crippen LogP contribution in [-0.4, -0.2) is 29.4 Å². The van der Waals surface area contributed by atoms with Crippen molar-refractivity contribution >= 4 is 35.0 Å². The third-order valence-corrected chi connectivity index (χ3v) is 3.97. The number of amides is 2. The minimum Gasteiger partial charge on any atom is -0.491 e. The standard InChI is InChI=1S/C19H22N2O3S/c1-14(2)24-17-10-8-16(9-11-17)21-19(23)13-25-12-18(22)20-15-6-4-3-5-7-15/h3-11,14H,12-13H2,1-2H3,(H,20,22)(H,21,23). The van der Waals surface area contributed by atoms with Crippen molar-refractivity contribution in [2.24, 2.45) is 0 Å². The molecule has 0 aliphatic rings. The van der Waals surface area contributed by atoms with Crippen molar-refractivity contribution in [2.45, 2.75) is 20.0 Å². The van der Waals surface area contributed by atoms with Crippen molar-refractivity contribution in [2.75, 3.05) is 22.1 Å². The Morgan fingerprint density at radius 2 is 1.40 bits per heavy atom. The molecule has 0 bridgehead atoms. The van der Waals surface area contributed by atoms with E-state index in [9.17, 15) is 9.59 Å². The van der Waals surface area contributed by atoms with Gasteiger partial charge in [-0.05, 0) is 50.2 Å². The number of benzene rings is 2. The van der Waals surface area contributed by atoms with Gasteiger partial charge in [0.15, 0.2) is 0 Å². The smallest absolute Gasteiger partial charge is 0.234 e. The molecule has 6 heteroatoms. The van der Waals surface area contributed by atoms with Crippen LogP contribution in [0.1, 0.15) is 13.8 Å². The van der Waals surface area contributed by atoms with Crippen LogP contribution < -0.4 is 15.4 Å². The van der Waals surface area contributed by atoms with E-state index in [1.165, 1.54) is 11.8 Å². The number of carbonyl (C=O) groups excluding carboxylic acids is 2. The van der Waals surface area contributed by atoms with Gasteiger partial charge in [0, 0.05) is 11.4 Å². The molecule has 2 aromatic rings. The van der Waals surface area contributed by atoms with E-state index < -0.39 is 0 Å². The maximum atomic E-state index is 11.9. The molecule has 0 radical (unpaired) electrons. The first-order valence-electron chi connectivity index (χ1n) is 8.02. The van der Waals surface area contributed by atoms with Gasteiger partial charge in [-0.3, -0.25) is 9.59 Å². The van der Waals surface area contributed by atoms with Crippen LogP contribution in [0.4, 0.5) is 11.4 Å². The van der Waals surface area contributed by atoms with Crippen LogP contribution in [-0.2, 0) is 9.59 Å². The van der Waals surface area contributed by atoms with Crippen molar-refractivity contribution in [1.82, 2.24) is 0 Å². The molecule has 0 spiro atoms. The number of carbonyl (C=O) groups is 2. The van der Waals surface area contributed by atoms with E-state index in [1.807, 2.05) is 56.3 Å². The molecular weight excluding hydrogens is 336 g/mol. The summed E-state index contributed by atoms with van der Waals surface area (Å²) in [6.07, 6.45) is 0.110. The van der Waals surface area contributed by atoms with Crippen molar-refractivity contribution in [3.05, 3.63) is 54.6 Å². The van der Waals surface area contributed by atoms with Crippen LogP contribution in [0.25, 0.3) is 0 Å². The Labute approximate surface area is 152 Å². The van der Waals surface area contributed by atoms with Gasteiger partial charge in [0.1, 0.15) is 5.75 Å². The lowest BCUT2D eigenvalue weighted by Gasteiger charge is -2.10. The molecule has 5 nitrogen and oxygen atoms in total. The Balaban J connectivity index is 1.69. The number of ether oxygens (including phenoxy) is 1. The fourth-order valence-corrected chi connectivity index (χ4v) is 2.66. The van der Waals surface area contributed by atoms with Gasteiger partial charge in [-0.1, -0.05) is 18.2 Å². The molecule has 132 valence electrons. The fourth-order valence-electron chi connectivity index (χ4n) is 2.04. The number of nitrogens with one attached hydrogen (secondary N) is 2. The number of hydrogen-bond donors (Lipinski definition) is 2. The van der Waals surface area contributed by atoms with Crippen LogP contribution in [0.2, 0.25) is 0 Å². The Morgan fingerprint density at radius 3 is 1.92 bits per heavy atom. The highest BCUT2D eigenvalue weighted by molar-refractivity contribution is 8.00. The molecule has 2 rings (SSSR count). The first-order valence-corrected chi connectivity index (χ1v) is 9.17. The number of hydrogen-bond acceptors (Lipinski definition) is 4. The highest BCUT2D eigenvalue weighted by Crippen LogP contribution is 2.17. The zero-order valence-corrected chi connectivity index (χ0v) is 15.1. The van der Waals surface area contributed by atoms with Crippen LogP contribution in [0.3, 0.4) is 0 Å². The third kappa shape index (κ3) is 7.30. The summed E-state index contributed by atoms with van der Waals surface area (Å²) in [6, 6.07) is 16.5. The molecule has 0 heterocycles. The minimum atomic E-state index is -0.143. The van der Waals surface area contributed by atoms with E-state index in [4.69, 9.17) is 4.74 Å². The second-order valence-corrected chi connectivity index (χ2v) is 6.63. The predicted octanol–water partition coefficient (Wildman–Crippen LogP) is 3.78. The fraction of sp³-hybridized carbons (Fsp3) is 0.263. The van der Waals surface area contributed by atoms with Crippen LogP contribution >= 0.6 is 11.8 Å². The summed E-state index contributed by atoms with van der Waals surface area (Å²) in [6.45, 7) is 3.92. The summed E-state index contributed by atoms with van der Waals surface area (Å²) in [5.74, 6) is 0.935. The van der Waals surface area contributed by atoms with Gasteiger partial charge in [0.25, 0.3) is 0 Å². The highest BCUT2D eigenvalue weighted by Gasteiger charge is 2.07. The molecule has 25 heavy (non-hydrogen) atoms. The van der Waals surface area contributed by atoms with Gasteiger partial charge < -0.3 is 15.4 Å². The predicted molar refractivity (Wildman–Crippen MR) is 103 cm³/mol. The second kappa shape index (κ2) is 9.74. The molecule has 0 unspecified atom stereocenters. The molecule has 0 aliphatic heterocycles. The van der Waals surface area contributed by atoms with Gasteiger partial charge in [-0.2, -0.15) is 0 Å². The van der Waals surface area contributed by atoms with Crippen LogP contribution in [0.15, 0.2) is 54.6 Å². The maximum Gasteiger partial charge on any atom is 0.234 e. The summed E-state index contributed by atoms with van der Waals surface area (Å²) in [5.41, 5.74) is 1.46. The molecule has 0 aromatic heterocycles. The van der Waals surface area contributed by atoms with Crippen LogP contribution in [0.5, 0.6) is 5.75 Å². The summed E-state index contributed by atoms with van der Waals surface area (Å²) < 4.78 is 5.55. The number of para-hydroxylation sites is 1. The molecule has 2 aromatic carbocycles. The maximum absolute atomic E-state index is 11.9. The SMILES string of the molecule is CC(C)Oc1ccc(NC(=O)CSCC(=O)Nc2ccccc2)cc1. The van der Waals surface area contributed by atoms with Gasteiger partial charge in [0.05, 0.1) is 17.6 Å². The Hall–Kier alpha value is -2.47. The topological polar surface area (TPSA) is 67.4 Å². The largest absolute Gasteiger partial charge is 0.491 e. The molecule has 0 aliphatic carbocycles. The average molecular weight is 358 g/mol. The lowest BCUT2D eigenvalue weighted by molar-refractivity contribution is -0.114. The van der Waals surface area contributed by atoms with E-state index in [-0.39, 0.29) is 29.4 Å². The number of rotatable bonds is 8. The summed E-state index contributed by atoms with van der Waals surface area (Å²) in [4.78, 5) is 23.7. The Kier molecular flexibility index (Phi) is 7.35. The third-order valence-electron chi connectivity index (χ3n) is 3.03. The first kappa shape index (κ1) is 18.9. The van der Waals surface area contributed by atoms with Gasteiger partial charge in [0.2, 0.25) is 11.8 Å². The Morgan fingerprint density at radius 1 is 0.880 bits per heavy atom. The zero-order valence-electron chi connectivity index (χ0n) is 14.3. The normalized spacial score (nSPS) is 10.4. The van der Waals surface area contributed by atoms with Gasteiger partial charge in [-0.15, -0.1) is 11.8 Å². The lowest BCUT2D eigenvalue weighted by atomic mass is 10.3. The lowest BCUT2D eigenvalue weighted by Crippen LogP contribution is -2.18. The van der Waals surface area contributed by atoms with Crippen molar-refractivity contribution in [1.29, 1.82) is 0 Å². The van der Waals surface area contributed by atoms with Gasteiger partial charge >= 0.3 is 0 Å². The van der Waals surface area contributed by atoms with Crippen molar-refractivity contribution in [3.8, 4) is 5.75 Å². The zero-order chi connectivity index (χ0) is 18.1. The summed E-state index contributed by atoms with van der Waals surface area (Å²) in [5, 5.41) is 5.58. The minimum absolute atomic E-state index is 0.110. The second-order valence-electron chi connectivity index (χ2n) is 5.65. The number of anilines is 2. The quantitative estimate of drug-likeness (QED) is 0.753. The van der Waals surface area contributed by atoms with Crippen molar-refractivity contribution < 1.29 is 14.3 Å². The van der Waals surface area contributed by atoms with Crippen LogP contribution in [0, 0.1) is 0 Å². The van der Waals surface area contributed by atoms with Crippen molar-refractivity contribution in [3.63, 3.8) is 0 Å². The molecule has 2 N–H and O–H groups in total. The van der Waals surface area contributed by atoms with E-state index in [1.54, 1.807) is 12.1 Å². The van der Waals surface area contributed by atoms with E-state index in [2.05, 4.69) is 10.6 Å². The first-order chi connectivity index (χ1) is 12.0. The number of thioether (sulfide) groups is 1. The molecule has 0 atom stereocenters. The van der Waals surface area contributed by atoms with E-state index >= 15 is 0 Å². The van der Waals surface area contributed by atoms with E-state index in [0.29, 0.717) is 5.69 Å². The molecule has 0 fully saturated rings. The molecule has 0 saturated carbocycles. The molecule has 0 saturated heterocycles. The van der Waals surface area contributed by atoms with E-state index in [0.717, 1.165) is 11.4 Å². The molecule has 2 amide bonds. The highest BCUT2D eigenvalue weighted by atomic mass is 32.2. The summed E-state index contributed by atoms with van der Waals surface area (Å²) >= 11 is 1.27. The monoisotopic (exact) mass is 358 g/mol. The molecular formula is C19H22N2O3S. The average Bonchev–Trinajstić information content (AvgIpc) is 2.57. The van der Waals surface area contributed by atoms with Gasteiger partial charge in [-0.25, -0.2) is 0 Å².